The van der Waals surface area contributed by atoms with Crippen molar-refractivity contribution in [2.75, 3.05) is 19.6 Å². The molecule has 1 amide bonds. The molecular formula is C15H21ClN2O. The van der Waals surface area contributed by atoms with E-state index in [2.05, 4.69) is 17.6 Å². The van der Waals surface area contributed by atoms with Gasteiger partial charge in [-0.3, -0.25) is 4.79 Å². The van der Waals surface area contributed by atoms with E-state index >= 15 is 0 Å². The fourth-order valence-electron chi connectivity index (χ4n) is 2.56. The number of carbonyl (C=O) groups excluding carboxylic acids is 1. The summed E-state index contributed by atoms with van der Waals surface area (Å²) in [7, 11) is 0. The maximum Gasteiger partial charge on any atom is 0.227 e. The first-order valence-electron chi connectivity index (χ1n) is 6.90. The largest absolute Gasteiger partial charge is 0.355 e. The number of halogens is 1. The lowest BCUT2D eigenvalue weighted by Crippen LogP contribution is -2.42. The highest BCUT2D eigenvalue weighted by molar-refractivity contribution is 6.30. The minimum absolute atomic E-state index is 0.189. The molecule has 0 saturated carbocycles. The fourth-order valence-corrected chi connectivity index (χ4v) is 2.68. The summed E-state index contributed by atoms with van der Waals surface area (Å²) < 4.78 is 0. The second kappa shape index (κ2) is 6.40. The molecule has 1 saturated heterocycles. The minimum Gasteiger partial charge on any atom is -0.355 e. The lowest BCUT2D eigenvalue weighted by atomic mass is 9.83. The molecule has 1 heterocycles. The van der Waals surface area contributed by atoms with Gasteiger partial charge in [-0.15, -0.1) is 0 Å². The zero-order valence-electron chi connectivity index (χ0n) is 11.3. The molecule has 2 N–H and O–H groups in total. The van der Waals surface area contributed by atoms with Gasteiger partial charge in [0.2, 0.25) is 5.91 Å². The summed E-state index contributed by atoms with van der Waals surface area (Å²) in [5, 5.41) is 7.10. The summed E-state index contributed by atoms with van der Waals surface area (Å²) in [6.07, 6.45) is 2.68. The molecule has 4 heteroatoms. The zero-order valence-corrected chi connectivity index (χ0v) is 12.1. The summed E-state index contributed by atoms with van der Waals surface area (Å²) in [6.45, 7) is 4.52. The first-order valence-corrected chi connectivity index (χ1v) is 7.27. The average molecular weight is 281 g/mol. The highest BCUT2D eigenvalue weighted by Gasteiger charge is 2.38. The van der Waals surface area contributed by atoms with E-state index in [1.807, 2.05) is 24.3 Å². The van der Waals surface area contributed by atoms with Crippen LogP contribution < -0.4 is 10.6 Å². The van der Waals surface area contributed by atoms with E-state index in [-0.39, 0.29) is 11.3 Å². The average Bonchev–Trinajstić information content (AvgIpc) is 2.91. The van der Waals surface area contributed by atoms with Crippen LogP contribution in [0.25, 0.3) is 0 Å². The van der Waals surface area contributed by atoms with E-state index in [4.69, 9.17) is 11.6 Å². The van der Waals surface area contributed by atoms with Crippen LogP contribution in [0.2, 0.25) is 5.02 Å². The summed E-state index contributed by atoms with van der Waals surface area (Å²) >= 11 is 5.84. The molecule has 19 heavy (non-hydrogen) atoms. The van der Waals surface area contributed by atoms with E-state index in [1.54, 1.807) is 0 Å². The van der Waals surface area contributed by atoms with Crippen LogP contribution in [-0.4, -0.2) is 25.5 Å². The van der Waals surface area contributed by atoms with Crippen LogP contribution in [0, 0.1) is 5.41 Å². The van der Waals surface area contributed by atoms with Crippen molar-refractivity contribution in [3.8, 4) is 0 Å². The molecule has 1 atom stereocenters. The van der Waals surface area contributed by atoms with Crippen LogP contribution in [0.5, 0.6) is 0 Å². The topological polar surface area (TPSA) is 41.1 Å². The lowest BCUT2D eigenvalue weighted by molar-refractivity contribution is -0.130. The predicted octanol–water partition coefficient (Wildman–Crippen LogP) is 2.39. The normalized spacial score (nSPS) is 22.4. The molecule has 1 aliphatic heterocycles. The number of hydrogen-bond acceptors (Lipinski definition) is 2. The van der Waals surface area contributed by atoms with E-state index in [0.29, 0.717) is 6.54 Å². The number of hydrogen-bond donors (Lipinski definition) is 2. The molecular weight excluding hydrogens is 260 g/mol. The molecule has 0 aromatic heterocycles. The maximum atomic E-state index is 12.3. The van der Waals surface area contributed by atoms with E-state index in [1.165, 1.54) is 5.56 Å². The van der Waals surface area contributed by atoms with Gasteiger partial charge in [0.15, 0.2) is 0 Å². The number of nitrogens with one attached hydrogen (secondary N) is 2. The monoisotopic (exact) mass is 280 g/mol. The molecule has 0 bridgehead atoms. The SMILES string of the molecule is CCC1(C(=O)NCCc2ccc(Cl)cc2)CCNC1. The molecule has 1 aromatic rings. The standard InChI is InChI=1S/C15H21ClN2O/c1-2-15(8-10-17-11-15)14(19)18-9-7-12-3-5-13(16)6-4-12/h3-6,17H,2,7-11H2,1H3,(H,18,19). The minimum atomic E-state index is -0.194. The molecule has 0 aliphatic carbocycles. The Bertz CT molecular complexity index is 424. The molecule has 104 valence electrons. The van der Waals surface area contributed by atoms with Crippen molar-refractivity contribution in [2.45, 2.75) is 26.2 Å². The van der Waals surface area contributed by atoms with Gasteiger partial charge >= 0.3 is 0 Å². The summed E-state index contributed by atoms with van der Waals surface area (Å²) in [5.74, 6) is 0.189. The first kappa shape index (κ1) is 14.4. The number of amides is 1. The van der Waals surface area contributed by atoms with Crippen molar-refractivity contribution >= 4 is 17.5 Å². The van der Waals surface area contributed by atoms with E-state index in [0.717, 1.165) is 37.4 Å². The molecule has 1 aromatic carbocycles. The molecule has 3 nitrogen and oxygen atoms in total. The van der Waals surface area contributed by atoms with E-state index < -0.39 is 0 Å². The summed E-state index contributed by atoms with van der Waals surface area (Å²) in [4.78, 5) is 12.3. The Kier molecular flexibility index (Phi) is 4.83. The maximum absolute atomic E-state index is 12.3. The van der Waals surface area contributed by atoms with Crippen molar-refractivity contribution < 1.29 is 4.79 Å². The Morgan fingerprint density at radius 2 is 2.16 bits per heavy atom. The molecule has 2 rings (SSSR count). The number of rotatable bonds is 5. The quantitative estimate of drug-likeness (QED) is 0.870. The van der Waals surface area contributed by atoms with Crippen molar-refractivity contribution in [3.63, 3.8) is 0 Å². The third-order valence-electron chi connectivity index (χ3n) is 4.01. The van der Waals surface area contributed by atoms with Crippen molar-refractivity contribution in [3.05, 3.63) is 34.9 Å². The van der Waals surface area contributed by atoms with Crippen LogP contribution in [0.15, 0.2) is 24.3 Å². The van der Waals surface area contributed by atoms with Gasteiger partial charge in [0.1, 0.15) is 0 Å². The van der Waals surface area contributed by atoms with Gasteiger partial charge in [-0.05, 0) is 43.5 Å². The summed E-state index contributed by atoms with van der Waals surface area (Å²) in [5.41, 5.74) is 1.000. The Morgan fingerprint density at radius 3 is 2.74 bits per heavy atom. The van der Waals surface area contributed by atoms with Crippen LogP contribution in [0.1, 0.15) is 25.3 Å². The van der Waals surface area contributed by atoms with E-state index in [9.17, 15) is 4.79 Å². The second-order valence-electron chi connectivity index (χ2n) is 5.19. The fraction of sp³-hybridized carbons (Fsp3) is 0.533. The Hall–Kier alpha value is -1.06. The second-order valence-corrected chi connectivity index (χ2v) is 5.63. The third-order valence-corrected chi connectivity index (χ3v) is 4.27. The Labute approximate surface area is 119 Å². The highest BCUT2D eigenvalue weighted by atomic mass is 35.5. The van der Waals surface area contributed by atoms with Gasteiger partial charge in [-0.25, -0.2) is 0 Å². The van der Waals surface area contributed by atoms with Gasteiger partial charge in [-0.2, -0.15) is 0 Å². The van der Waals surface area contributed by atoms with Gasteiger partial charge < -0.3 is 10.6 Å². The predicted molar refractivity (Wildman–Crippen MR) is 78.4 cm³/mol. The van der Waals surface area contributed by atoms with Crippen molar-refractivity contribution in [2.24, 2.45) is 5.41 Å². The van der Waals surface area contributed by atoms with Gasteiger partial charge in [0, 0.05) is 18.1 Å². The van der Waals surface area contributed by atoms with Crippen LogP contribution in [-0.2, 0) is 11.2 Å². The zero-order chi connectivity index (χ0) is 13.7. The Morgan fingerprint density at radius 1 is 1.42 bits per heavy atom. The van der Waals surface area contributed by atoms with Crippen molar-refractivity contribution in [1.29, 1.82) is 0 Å². The van der Waals surface area contributed by atoms with Crippen LogP contribution in [0.4, 0.5) is 0 Å². The van der Waals surface area contributed by atoms with Gasteiger partial charge in [0.05, 0.1) is 5.41 Å². The molecule has 0 radical (unpaired) electrons. The Balaban J connectivity index is 1.82. The molecule has 1 aliphatic rings. The number of benzene rings is 1. The molecule has 1 unspecified atom stereocenters. The first-order chi connectivity index (χ1) is 9.16. The summed E-state index contributed by atoms with van der Waals surface area (Å²) in [6, 6.07) is 7.77. The van der Waals surface area contributed by atoms with Gasteiger partial charge in [-0.1, -0.05) is 30.7 Å². The lowest BCUT2D eigenvalue weighted by Gasteiger charge is -2.25. The van der Waals surface area contributed by atoms with Crippen molar-refractivity contribution in [1.82, 2.24) is 10.6 Å². The molecule has 1 fully saturated rings. The molecule has 0 spiro atoms. The van der Waals surface area contributed by atoms with Crippen LogP contribution in [0.3, 0.4) is 0 Å². The highest BCUT2D eigenvalue weighted by Crippen LogP contribution is 2.29. The van der Waals surface area contributed by atoms with Gasteiger partial charge in [0.25, 0.3) is 0 Å². The smallest absolute Gasteiger partial charge is 0.227 e. The third kappa shape index (κ3) is 3.48. The van der Waals surface area contributed by atoms with Crippen LogP contribution >= 0.6 is 11.6 Å². The number of carbonyl (C=O) groups is 1.